The number of carbonyl (C=O) groups is 1. The van der Waals surface area contributed by atoms with Crippen LogP contribution >= 0.6 is 0 Å². The Morgan fingerprint density at radius 2 is 2.13 bits per heavy atom. The van der Waals surface area contributed by atoms with Gasteiger partial charge in [0.25, 0.3) is 0 Å². The van der Waals surface area contributed by atoms with E-state index in [9.17, 15) is 4.79 Å². The van der Waals surface area contributed by atoms with E-state index in [-0.39, 0.29) is 17.9 Å². The number of rotatable bonds is 3. The number of aromatic nitrogens is 3. The van der Waals surface area contributed by atoms with Crippen molar-refractivity contribution in [3.63, 3.8) is 0 Å². The fourth-order valence-electron chi connectivity index (χ4n) is 4.00. The van der Waals surface area contributed by atoms with E-state index >= 15 is 0 Å². The molecule has 1 aliphatic heterocycles. The average Bonchev–Trinajstić information content (AvgIpc) is 2.76. The lowest BCUT2D eigenvalue weighted by Crippen LogP contribution is -2.53. The minimum Gasteiger partial charge on any atom is -0.346 e. The van der Waals surface area contributed by atoms with E-state index in [2.05, 4.69) is 20.1 Å². The van der Waals surface area contributed by atoms with Crippen LogP contribution in [0.25, 0.3) is 0 Å². The molecular formula is C17H29N5O. The van der Waals surface area contributed by atoms with Crippen LogP contribution in [-0.4, -0.2) is 26.2 Å². The summed E-state index contributed by atoms with van der Waals surface area (Å²) in [5, 5.41) is 11.8. The van der Waals surface area contributed by atoms with Gasteiger partial charge in [-0.05, 0) is 39.5 Å². The van der Waals surface area contributed by atoms with Crippen LogP contribution < -0.4 is 11.1 Å². The van der Waals surface area contributed by atoms with Crippen LogP contribution in [0, 0.1) is 5.92 Å². The maximum absolute atomic E-state index is 12.7. The van der Waals surface area contributed by atoms with Gasteiger partial charge in [0, 0.05) is 18.5 Å². The monoisotopic (exact) mass is 319 g/mol. The predicted octanol–water partition coefficient (Wildman–Crippen LogP) is 2.09. The first-order valence-electron chi connectivity index (χ1n) is 9.00. The number of hydrogen-bond donors (Lipinski definition) is 2. The van der Waals surface area contributed by atoms with Crippen LogP contribution in [0.4, 0.5) is 0 Å². The largest absolute Gasteiger partial charge is 0.346 e. The third-order valence-electron chi connectivity index (χ3n) is 5.45. The molecule has 1 fully saturated rings. The van der Waals surface area contributed by atoms with Crippen LogP contribution in [0.15, 0.2) is 0 Å². The lowest BCUT2D eigenvalue weighted by molar-refractivity contribution is -0.128. The van der Waals surface area contributed by atoms with Gasteiger partial charge in [-0.3, -0.25) is 4.79 Å². The molecule has 0 saturated heterocycles. The highest BCUT2D eigenvalue weighted by atomic mass is 16.2. The Morgan fingerprint density at radius 3 is 2.91 bits per heavy atom. The molecule has 0 spiro atoms. The summed E-state index contributed by atoms with van der Waals surface area (Å²) in [6.07, 6.45) is 8.54. The van der Waals surface area contributed by atoms with Crippen LogP contribution in [0.1, 0.15) is 76.5 Å². The van der Waals surface area contributed by atoms with Gasteiger partial charge in [0.2, 0.25) is 5.91 Å². The molecular weight excluding hydrogens is 290 g/mol. The highest BCUT2D eigenvalue weighted by molar-refractivity contribution is 5.80. The number of carbonyl (C=O) groups excluding carboxylic acids is 1. The molecule has 0 radical (unpaired) electrons. The number of hydrogen-bond acceptors (Lipinski definition) is 4. The Morgan fingerprint density at radius 1 is 1.30 bits per heavy atom. The summed E-state index contributed by atoms with van der Waals surface area (Å²) in [5.74, 6) is 1.89. The van der Waals surface area contributed by atoms with Crippen LogP contribution in [0.5, 0.6) is 0 Å². The topological polar surface area (TPSA) is 85.8 Å². The fourth-order valence-corrected chi connectivity index (χ4v) is 4.00. The van der Waals surface area contributed by atoms with E-state index in [4.69, 9.17) is 5.73 Å². The summed E-state index contributed by atoms with van der Waals surface area (Å²) in [7, 11) is 0. The molecule has 1 amide bonds. The second-order valence-corrected chi connectivity index (χ2v) is 7.47. The number of nitrogens with one attached hydrogen (secondary N) is 1. The minimum absolute atomic E-state index is 0.0631. The van der Waals surface area contributed by atoms with E-state index in [1.54, 1.807) is 0 Å². The molecule has 0 aromatic carbocycles. The summed E-state index contributed by atoms with van der Waals surface area (Å²) in [6.45, 7) is 4.96. The van der Waals surface area contributed by atoms with Crippen molar-refractivity contribution in [1.29, 1.82) is 0 Å². The maximum Gasteiger partial charge on any atom is 0.225 e. The zero-order valence-corrected chi connectivity index (χ0v) is 14.3. The third kappa shape index (κ3) is 3.42. The van der Waals surface area contributed by atoms with Crippen LogP contribution in [0.2, 0.25) is 0 Å². The number of nitrogens with two attached hydrogens (primary N) is 1. The van der Waals surface area contributed by atoms with Gasteiger partial charge in [-0.1, -0.05) is 19.3 Å². The third-order valence-corrected chi connectivity index (χ3v) is 5.45. The molecule has 6 nitrogen and oxygen atoms in total. The molecule has 1 aromatic rings. The quantitative estimate of drug-likeness (QED) is 0.893. The van der Waals surface area contributed by atoms with Gasteiger partial charge in [-0.15, -0.1) is 10.2 Å². The molecule has 128 valence electrons. The van der Waals surface area contributed by atoms with Gasteiger partial charge in [-0.2, -0.15) is 0 Å². The second kappa shape index (κ2) is 6.59. The first kappa shape index (κ1) is 16.4. The standard InChI is InChI=1S/C17H29N5O/c1-12(15-21-20-14-9-4-3-7-11-22(14)15)19-16(23)13-8-5-6-10-17(13,2)18/h12-13H,3-11,18H2,1-2H3,(H,19,23)/t12-,13?,17?/m1/s1. The van der Waals surface area contributed by atoms with E-state index < -0.39 is 5.54 Å². The van der Waals surface area contributed by atoms with Crippen LogP contribution in [0.3, 0.4) is 0 Å². The first-order chi connectivity index (χ1) is 11.0. The number of amides is 1. The van der Waals surface area contributed by atoms with Crippen LogP contribution in [-0.2, 0) is 17.8 Å². The van der Waals surface area contributed by atoms with E-state index in [0.29, 0.717) is 0 Å². The zero-order chi connectivity index (χ0) is 16.4. The van der Waals surface area contributed by atoms with E-state index in [1.807, 2.05) is 13.8 Å². The van der Waals surface area contributed by atoms with Gasteiger partial charge in [0.05, 0.1) is 12.0 Å². The van der Waals surface area contributed by atoms with Crippen molar-refractivity contribution in [3.8, 4) is 0 Å². The molecule has 6 heteroatoms. The summed E-state index contributed by atoms with van der Waals surface area (Å²) in [5.41, 5.74) is 5.96. The van der Waals surface area contributed by atoms with Gasteiger partial charge < -0.3 is 15.6 Å². The Kier molecular flexibility index (Phi) is 4.71. The Hall–Kier alpha value is -1.43. The summed E-state index contributed by atoms with van der Waals surface area (Å²) >= 11 is 0. The van der Waals surface area contributed by atoms with Gasteiger partial charge >= 0.3 is 0 Å². The van der Waals surface area contributed by atoms with Crippen molar-refractivity contribution in [1.82, 2.24) is 20.1 Å². The van der Waals surface area contributed by atoms with Gasteiger partial charge in [0.15, 0.2) is 5.82 Å². The minimum atomic E-state index is -0.399. The van der Waals surface area contributed by atoms with E-state index in [1.165, 1.54) is 12.8 Å². The predicted molar refractivity (Wildman–Crippen MR) is 88.7 cm³/mol. The smallest absolute Gasteiger partial charge is 0.225 e. The molecule has 3 rings (SSSR count). The molecule has 1 aliphatic carbocycles. The second-order valence-electron chi connectivity index (χ2n) is 7.47. The van der Waals surface area contributed by atoms with E-state index in [0.717, 1.165) is 56.7 Å². The summed E-state index contributed by atoms with van der Waals surface area (Å²) in [4.78, 5) is 12.7. The SMILES string of the molecule is C[C@@H](NC(=O)C1CCCCC1(C)N)c1nnc2n1CCCCC2. The molecule has 2 heterocycles. The average molecular weight is 319 g/mol. The van der Waals surface area contributed by atoms with Gasteiger partial charge in [-0.25, -0.2) is 0 Å². The van der Waals surface area contributed by atoms with Crippen molar-refractivity contribution in [2.75, 3.05) is 0 Å². The highest BCUT2D eigenvalue weighted by Crippen LogP contribution is 2.32. The molecule has 1 saturated carbocycles. The Balaban J connectivity index is 1.70. The van der Waals surface area contributed by atoms with Crippen molar-refractivity contribution >= 4 is 5.91 Å². The van der Waals surface area contributed by atoms with Crippen molar-refractivity contribution in [2.24, 2.45) is 11.7 Å². The summed E-state index contributed by atoms with van der Waals surface area (Å²) in [6, 6.07) is -0.125. The van der Waals surface area contributed by atoms with Crippen molar-refractivity contribution < 1.29 is 4.79 Å². The zero-order valence-electron chi connectivity index (χ0n) is 14.3. The Labute approximate surface area is 138 Å². The molecule has 2 aliphatic rings. The Bertz CT molecular complexity index is 565. The van der Waals surface area contributed by atoms with Crippen molar-refractivity contribution in [3.05, 3.63) is 11.6 Å². The molecule has 1 aromatic heterocycles. The fraction of sp³-hybridized carbons (Fsp3) is 0.824. The lowest BCUT2D eigenvalue weighted by Gasteiger charge is -2.37. The van der Waals surface area contributed by atoms with Crippen molar-refractivity contribution in [2.45, 2.75) is 83.3 Å². The molecule has 3 N–H and O–H groups in total. The normalized spacial score (nSPS) is 29.4. The number of aryl methyl sites for hydroxylation is 1. The molecule has 3 atom stereocenters. The molecule has 0 bridgehead atoms. The lowest BCUT2D eigenvalue weighted by atomic mass is 9.74. The van der Waals surface area contributed by atoms with Gasteiger partial charge in [0.1, 0.15) is 5.82 Å². The highest BCUT2D eigenvalue weighted by Gasteiger charge is 2.38. The number of nitrogens with zero attached hydrogens (tertiary/aromatic N) is 3. The summed E-state index contributed by atoms with van der Waals surface area (Å²) < 4.78 is 2.19. The molecule has 23 heavy (non-hydrogen) atoms. The maximum atomic E-state index is 12.7. The first-order valence-corrected chi connectivity index (χ1v) is 9.00. The number of fused-ring (bicyclic) bond motifs is 1. The molecule has 2 unspecified atom stereocenters.